The second-order valence-electron chi connectivity index (χ2n) is 11.2. The van der Waals surface area contributed by atoms with E-state index in [1.165, 1.54) is 4.90 Å². The van der Waals surface area contributed by atoms with Crippen LogP contribution in [0.25, 0.3) is 0 Å². The maximum absolute atomic E-state index is 14.6. The minimum absolute atomic E-state index is 0.0910. The average molecular weight is 521 g/mol. The summed E-state index contributed by atoms with van der Waals surface area (Å²) in [5.41, 5.74) is -1.67. The monoisotopic (exact) mass is 520 g/mol. The Kier molecular flexibility index (Phi) is 6.43. The lowest BCUT2D eigenvalue weighted by atomic mass is 9.73. The normalized spacial score (nSPS) is 35.8. The molecule has 202 valence electrons. The van der Waals surface area contributed by atoms with E-state index in [9.17, 15) is 19.5 Å². The molecule has 1 N–H and O–H groups in total. The number of amides is 2. The number of likely N-dealkylation sites (tertiary alicyclic amines) is 1. The quantitative estimate of drug-likeness (QED) is 0.474. The van der Waals surface area contributed by atoms with Gasteiger partial charge in [-0.2, -0.15) is 0 Å². The van der Waals surface area contributed by atoms with Gasteiger partial charge >= 0.3 is 5.97 Å². The van der Waals surface area contributed by atoms with Gasteiger partial charge in [0.1, 0.15) is 29.8 Å². The molecule has 1 aliphatic carbocycles. The molecular weight excluding hydrogens is 484 g/mol. The van der Waals surface area contributed by atoms with Crippen LogP contribution in [0.2, 0.25) is 0 Å². The Labute approximate surface area is 223 Å². The summed E-state index contributed by atoms with van der Waals surface area (Å²) in [6, 6.07) is 7.61. The van der Waals surface area contributed by atoms with Crippen molar-refractivity contribution in [3.05, 3.63) is 60.2 Å². The molecule has 6 rings (SSSR count). The number of rotatable bonds is 5. The molecule has 4 aliphatic heterocycles. The van der Waals surface area contributed by atoms with E-state index >= 15 is 0 Å². The molecule has 1 unspecified atom stereocenters. The molecule has 8 heteroatoms. The third kappa shape index (κ3) is 3.60. The third-order valence-electron chi connectivity index (χ3n) is 9.37. The van der Waals surface area contributed by atoms with E-state index in [0.717, 1.165) is 37.7 Å². The average Bonchev–Trinajstić information content (AvgIpc) is 3.22. The van der Waals surface area contributed by atoms with Crippen LogP contribution in [0, 0.1) is 11.8 Å². The lowest BCUT2D eigenvalue weighted by Gasteiger charge is -2.42. The first-order chi connectivity index (χ1) is 18.5. The van der Waals surface area contributed by atoms with E-state index in [4.69, 9.17) is 9.47 Å². The number of hydrogen-bond acceptors (Lipinski definition) is 6. The number of esters is 1. The number of benzene rings is 1. The van der Waals surface area contributed by atoms with Crippen molar-refractivity contribution in [2.75, 3.05) is 19.8 Å². The predicted molar refractivity (Wildman–Crippen MR) is 139 cm³/mol. The summed E-state index contributed by atoms with van der Waals surface area (Å²) in [5.74, 6) is -2.84. The van der Waals surface area contributed by atoms with Gasteiger partial charge in [-0.05, 0) is 30.9 Å². The fourth-order valence-electron chi connectivity index (χ4n) is 7.64. The topological polar surface area (TPSA) is 96.4 Å². The van der Waals surface area contributed by atoms with Gasteiger partial charge in [-0.1, -0.05) is 74.7 Å². The smallest absolute Gasteiger partial charge is 0.313 e. The second kappa shape index (κ2) is 9.65. The Morgan fingerprint density at radius 3 is 2.47 bits per heavy atom. The standard InChI is InChI=1S/C30H36N2O6/c1-2-29-15-10-18-37-28(36)24(29)23-26(34)32(22(19-33)20-11-5-3-6-12-20)25-27(35)31(21-13-7-4-8-14-21)17-9-16-30(23,25)38-29/h3,5-6,9-12,15-16,21-25,33H,2,4,7-8,13-14,17-19H2,1H3/t22-,23+,24+,25?,29-,30+/m1/s1. The molecule has 2 amide bonds. The summed E-state index contributed by atoms with van der Waals surface area (Å²) in [7, 11) is 0. The number of nitrogens with zero attached hydrogens (tertiary/aromatic N) is 2. The van der Waals surface area contributed by atoms with Crippen molar-refractivity contribution in [2.24, 2.45) is 11.8 Å². The van der Waals surface area contributed by atoms with Gasteiger partial charge < -0.3 is 24.4 Å². The number of hydrogen-bond donors (Lipinski definition) is 1. The highest BCUT2D eigenvalue weighted by Crippen LogP contribution is 2.59. The maximum Gasteiger partial charge on any atom is 0.313 e. The molecule has 1 aromatic carbocycles. The summed E-state index contributed by atoms with van der Waals surface area (Å²) >= 11 is 0. The molecule has 5 aliphatic rings. The van der Waals surface area contributed by atoms with E-state index in [1.54, 1.807) is 6.08 Å². The van der Waals surface area contributed by atoms with Crippen molar-refractivity contribution in [2.45, 2.75) is 74.8 Å². The molecule has 2 saturated heterocycles. The maximum atomic E-state index is 14.6. The highest BCUT2D eigenvalue weighted by molar-refractivity contribution is 5.99. The van der Waals surface area contributed by atoms with Gasteiger partial charge in [0.2, 0.25) is 11.8 Å². The van der Waals surface area contributed by atoms with Crippen molar-refractivity contribution in [1.29, 1.82) is 0 Å². The summed E-state index contributed by atoms with van der Waals surface area (Å²) in [6.07, 6.45) is 13.0. The van der Waals surface area contributed by atoms with Crippen LogP contribution in [0.15, 0.2) is 54.6 Å². The van der Waals surface area contributed by atoms with Gasteiger partial charge in [-0.25, -0.2) is 0 Å². The van der Waals surface area contributed by atoms with Crippen LogP contribution in [0.5, 0.6) is 0 Å². The fourth-order valence-corrected chi connectivity index (χ4v) is 7.64. The van der Waals surface area contributed by atoms with Gasteiger partial charge in [0, 0.05) is 12.6 Å². The van der Waals surface area contributed by atoms with E-state index in [2.05, 4.69) is 0 Å². The van der Waals surface area contributed by atoms with Crippen LogP contribution in [0.3, 0.4) is 0 Å². The third-order valence-corrected chi connectivity index (χ3v) is 9.37. The van der Waals surface area contributed by atoms with E-state index < -0.39 is 41.1 Å². The Morgan fingerprint density at radius 1 is 1.00 bits per heavy atom. The first-order valence-electron chi connectivity index (χ1n) is 14.0. The zero-order valence-electron chi connectivity index (χ0n) is 21.8. The molecule has 4 heterocycles. The van der Waals surface area contributed by atoms with Crippen molar-refractivity contribution in [3.63, 3.8) is 0 Å². The van der Waals surface area contributed by atoms with Crippen molar-refractivity contribution in [3.8, 4) is 0 Å². The van der Waals surface area contributed by atoms with E-state index in [0.29, 0.717) is 13.0 Å². The predicted octanol–water partition coefficient (Wildman–Crippen LogP) is 2.93. The first-order valence-corrected chi connectivity index (χ1v) is 14.0. The Hall–Kier alpha value is -2.97. The summed E-state index contributed by atoms with van der Waals surface area (Å²) in [4.78, 5) is 46.0. The molecule has 0 aromatic heterocycles. The molecule has 6 atom stereocenters. The molecule has 3 fully saturated rings. The van der Waals surface area contributed by atoms with Gasteiger partial charge in [0.25, 0.3) is 0 Å². The molecule has 1 aromatic rings. The molecule has 1 spiro atoms. The van der Waals surface area contributed by atoms with Crippen molar-refractivity contribution in [1.82, 2.24) is 9.80 Å². The summed E-state index contributed by atoms with van der Waals surface area (Å²) in [5, 5.41) is 10.6. The molecule has 8 nitrogen and oxygen atoms in total. The lowest BCUT2D eigenvalue weighted by Crippen LogP contribution is -2.58. The highest BCUT2D eigenvalue weighted by atomic mass is 16.6. The van der Waals surface area contributed by atoms with Crippen molar-refractivity contribution < 1.29 is 29.0 Å². The first kappa shape index (κ1) is 25.3. The number of aliphatic hydroxyl groups is 1. The van der Waals surface area contributed by atoms with Gasteiger partial charge in [0.05, 0.1) is 18.6 Å². The Morgan fingerprint density at radius 2 is 1.76 bits per heavy atom. The van der Waals surface area contributed by atoms with Gasteiger partial charge in [0.15, 0.2) is 0 Å². The minimum atomic E-state index is -1.35. The van der Waals surface area contributed by atoms with Crippen LogP contribution >= 0.6 is 0 Å². The molecular formula is C30H36N2O6. The minimum Gasteiger partial charge on any atom is -0.461 e. The van der Waals surface area contributed by atoms with Gasteiger partial charge in [-0.15, -0.1) is 0 Å². The number of carbonyl (C=O) groups excluding carboxylic acids is 3. The summed E-state index contributed by atoms with van der Waals surface area (Å²) < 4.78 is 12.4. The number of ether oxygens (including phenoxy) is 2. The molecule has 38 heavy (non-hydrogen) atoms. The number of carbonyl (C=O) groups is 3. The second-order valence-corrected chi connectivity index (χ2v) is 11.2. The SMILES string of the molecule is CC[C@@]12C=CCOC(=O)[C@@H]1[C@H]1C(=O)N([C@H](CO)c3ccccc3)C3C(=O)N(C4CCCCC4)CC=C[C@@]31O2. The van der Waals surface area contributed by atoms with Crippen LogP contribution in [-0.2, 0) is 23.9 Å². The number of fused-ring (bicyclic) bond motifs is 2. The van der Waals surface area contributed by atoms with Crippen LogP contribution in [0.4, 0.5) is 0 Å². The van der Waals surface area contributed by atoms with Crippen LogP contribution in [-0.4, -0.2) is 75.7 Å². The molecule has 0 radical (unpaired) electrons. The van der Waals surface area contributed by atoms with Crippen LogP contribution < -0.4 is 0 Å². The Bertz CT molecular complexity index is 1160. The largest absolute Gasteiger partial charge is 0.461 e. The highest BCUT2D eigenvalue weighted by Gasteiger charge is 2.76. The van der Waals surface area contributed by atoms with E-state index in [1.807, 2.05) is 60.4 Å². The van der Waals surface area contributed by atoms with E-state index in [-0.39, 0.29) is 31.1 Å². The molecule has 1 saturated carbocycles. The Balaban J connectivity index is 1.52. The number of cyclic esters (lactones) is 1. The lowest BCUT2D eigenvalue weighted by molar-refractivity contribution is -0.162. The van der Waals surface area contributed by atoms with Crippen LogP contribution in [0.1, 0.15) is 57.1 Å². The fraction of sp³-hybridized carbons (Fsp3) is 0.567. The van der Waals surface area contributed by atoms with Gasteiger partial charge in [-0.3, -0.25) is 14.4 Å². The zero-order chi connectivity index (χ0) is 26.5. The van der Waals surface area contributed by atoms with Crippen molar-refractivity contribution >= 4 is 17.8 Å². The number of aliphatic hydroxyl groups excluding tert-OH is 1. The summed E-state index contributed by atoms with van der Waals surface area (Å²) in [6.45, 7) is 2.12. The zero-order valence-corrected chi connectivity index (χ0v) is 21.8. The molecule has 0 bridgehead atoms.